The largest absolute Gasteiger partial charge is 0.325 e. The molecule has 0 aliphatic rings. The van der Waals surface area contributed by atoms with E-state index >= 15 is 0 Å². The van der Waals surface area contributed by atoms with Gasteiger partial charge in [-0.15, -0.1) is 0 Å². The summed E-state index contributed by atoms with van der Waals surface area (Å²) >= 11 is 0. The Morgan fingerprint density at radius 3 is 2.90 bits per heavy atom. The highest BCUT2D eigenvalue weighted by Gasteiger charge is 2.07. The minimum absolute atomic E-state index is 0.117. The molecule has 4 heteroatoms. The molecular weight excluding hydrogens is 262 g/mol. The molecule has 0 aliphatic heterocycles. The lowest BCUT2D eigenvalue weighted by atomic mass is 10.1. The number of nitrogens with zero attached hydrogens (tertiary/aromatic N) is 1. The number of amides is 1. The van der Waals surface area contributed by atoms with Crippen molar-refractivity contribution >= 4 is 11.6 Å². The van der Waals surface area contributed by atoms with E-state index in [1.54, 1.807) is 6.20 Å². The molecule has 4 nitrogen and oxygen atoms in total. The molecule has 0 radical (unpaired) electrons. The van der Waals surface area contributed by atoms with Crippen molar-refractivity contribution in [3.05, 3.63) is 59.4 Å². The van der Waals surface area contributed by atoms with Crippen LogP contribution in [-0.4, -0.2) is 17.4 Å². The molecule has 0 saturated carbocycles. The Balaban J connectivity index is 2.13. The average molecular weight is 279 g/mol. The molecule has 1 amide bonds. The van der Waals surface area contributed by atoms with Gasteiger partial charge in [-0.2, -0.15) is 0 Å². The Morgan fingerprint density at radius 2 is 2.19 bits per heavy atom. The lowest BCUT2D eigenvalue weighted by molar-refractivity contribution is -0.115. The van der Waals surface area contributed by atoms with E-state index in [1.165, 1.54) is 0 Å². The third-order valence-corrected chi connectivity index (χ3v) is 2.84. The first-order chi connectivity index (χ1) is 10.2. The van der Waals surface area contributed by atoms with Crippen molar-refractivity contribution in [2.24, 2.45) is 5.73 Å². The minimum atomic E-state index is -0.117. The zero-order valence-electron chi connectivity index (χ0n) is 11.9. The van der Waals surface area contributed by atoms with Crippen LogP contribution in [0.25, 0.3) is 0 Å². The number of pyridine rings is 1. The van der Waals surface area contributed by atoms with Crippen LogP contribution < -0.4 is 11.1 Å². The first kappa shape index (κ1) is 14.8. The number of nitrogens with two attached hydrogens (primary N) is 1. The van der Waals surface area contributed by atoms with Crippen LogP contribution in [0.1, 0.15) is 16.8 Å². The van der Waals surface area contributed by atoms with Crippen molar-refractivity contribution in [2.45, 2.75) is 13.3 Å². The first-order valence-corrected chi connectivity index (χ1v) is 6.68. The summed E-state index contributed by atoms with van der Waals surface area (Å²) < 4.78 is 0. The fourth-order valence-corrected chi connectivity index (χ4v) is 1.88. The van der Waals surface area contributed by atoms with E-state index in [9.17, 15) is 4.79 Å². The Hall–Kier alpha value is -2.64. The summed E-state index contributed by atoms with van der Waals surface area (Å²) in [5, 5.41) is 2.87. The molecule has 1 aromatic carbocycles. The van der Waals surface area contributed by atoms with Crippen molar-refractivity contribution in [3.8, 4) is 11.8 Å². The van der Waals surface area contributed by atoms with Gasteiger partial charge in [-0.25, -0.2) is 0 Å². The molecule has 1 aromatic heterocycles. The topological polar surface area (TPSA) is 68.0 Å². The van der Waals surface area contributed by atoms with E-state index in [4.69, 9.17) is 5.73 Å². The van der Waals surface area contributed by atoms with Crippen LogP contribution in [0.15, 0.2) is 42.6 Å². The van der Waals surface area contributed by atoms with Crippen molar-refractivity contribution < 1.29 is 4.79 Å². The predicted molar refractivity (Wildman–Crippen MR) is 83.7 cm³/mol. The summed E-state index contributed by atoms with van der Waals surface area (Å²) in [6.07, 6.45) is 1.91. The molecule has 0 aliphatic carbocycles. The van der Waals surface area contributed by atoms with E-state index in [0.717, 1.165) is 16.8 Å². The van der Waals surface area contributed by atoms with Gasteiger partial charge in [0.25, 0.3) is 0 Å². The van der Waals surface area contributed by atoms with Crippen LogP contribution in [0, 0.1) is 18.8 Å². The molecular formula is C17H17N3O. The van der Waals surface area contributed by atoms with Gasteiger partial charge in [-0.1, -0.05) is 24.0 Å². The van der Waals surface area contributed by atoms with Gasteiger partial charge >= 0.3 is 0 Å². The number of rotatable bonds is 3. The fourth-order valence-electron chi connectivity index (χ4n) is 1.88. The van der Waals surface area contributed by atoms with Gasteiger partial charge in [0.15, 0.2) is 0 Å². The van der Waals surface area contributed by atoms with Gasteiger partial charge in [0.1, 0.15) is 0 Å². The van der Waals surface area contributed by atoms with Gasteiger partial charge in [-0.05, 0) is 36.8 Å². The first-order valence-electron chi connectivity index (χ1n) is 6.68. The van der Waals surface area contributed by atoms with Crippen molar-refractivity contribution in [2.75, 3.05) is 11.9 Å². The van der Waals surface area contributed by atoms with E-state index in [-0.39, 0.29) is 18.9 Å². The average Bonchev–Trinajstić information content (AvgIpc) is 2.48. The maximum absolute atomic E-state index is 12.1. The fraction of sp³-hybridized carbons (Fsp3) is 0.176. The molecule has 0 bridgehead atoms. The van der Waals surface area contributed by atoms with Crippen LogP contribution in [0.5, 0.6) is 0 Å². The zero-order chi connectivity index (χ0) is 15.1. The Bertz CT molecular complexity index is 684. The van der Waals surface area contributed by atoms with Gasteiger partial charge in [0.05, 0.1) is 18.7 Å². The summed E-state index contributed by atoms with van der Waals surface area (Å²) in [7, 11) is 0. The highest BCUT2D eigenvalue weighted by molar-refractivity contribution is 5.93. The lowest BCUT2D eigenvalue weighted by Crippen LogP contribution is -2.16. The molecule has 1 heterocycles. The van der Waals surface area contributed by atoms with Gasteiger partial charge in [0.2, 0.25) is 5.91 Å². The molecule has 3 N–H and O–H groups in total. The van der Waals surface area contributed by atoms with E-state index in [1.807, 2.05) is 43.3 Å². The van der Waals surface area contributed by atoms with Crippen molar-refractivity contribution in [1.29, 1.82) is 0 Å². The van der Waals surface area contributed by atoms with Crippen molar-refractivity contribution in [3.63, 3.8) is 0 Å². The Kier molecular flexibility index (Phi) is 5.08. The Morgan fingerprint density at radius 1 is 1.33 bits per heavy atom. The second-order valence-corrected chi connectivity index (χ2v) is 4.60. The number of anilines is 1. The number of hydrogen-bond donors (Lipinski definition) is 2. The molecule has 2 aromatic rings. The summed E-state index contributed by atoms with van der Waals surface area (Å²) in [6, 6.07) is 11.2. The second kappa shape index (κ2) is 7.22. The second-order valence-electron chi connectivity index (χ2n) is 4.60. The number of carbonyl (C=O) groups is 1. The molecule has 0 atom stereocenters. The normalized spacial score (nSPS) is 9.62. The Labute approximate surface area is 124 Å². The van der Waals surface area contributed by atoms with Crippen LogP contribution in [0.4, 0.5) is 5.69 Å². The third-order valence-electron chi connectivity index (χ3n) is 2.84. The van der Waals surface area contributed by atoms with Crippen LogP contribution in [-0.2, 0) is 11.2 Å². The molecule has 2 rings (SSSR count). The summed E-state index contributed by atoms with van der Waals surface area (Å²) in [6.45, 7) is 2.27. The molecule has 0 unspecified atom stereocenters. The maximum atomic E-state index is 12.1. The highest BCUT2D eigenvalue weighted by atomic mass is 16.1. The highest BCUT2D eigenvalue weighted by Crippen LogP contribution is 2.16. The number of hydrogen-bond acceptors (Lipinski definition) is 3. The number of aromatic nitrogens is 1. The maximum Gasteiger partial charge on any atom is 0.230 e. The zero-order valence-corrected chi connectivity index (χ0v) is 11.9. The smallest absolute Gasteiger partial charge is 0.230 e. The van der Waals surface area contributed by atoms with Crippen LogP contribution in [0.2, 0.25) is 0 Å². The third kappa shape index (κ3) is 4.44. The summed E-state index contributed by atoms with van der Waals surface area (Å²) in [5.41, 5.74) is 8.68. The number of nitrogens with one attached hydrogen (secondary N) is 1. The standard InChI is InChI=1S/C17H17N3O/c1-13-7-8-16(14(11-13)5-4-9-18)20-17(21)12-15-6-2-3-10-19-15/h2-3,6-8,10-11H,9,12,18H2,1H3,(H,20,21). The quantitative estimate of drug-likeness (QED) is 0.843. The van der Waals surface area contributed by atoms with E-state index in [0.29, 0.717) is 5.69 Å². The summed E-state index contributed by atoms with van der Waals surface area (Å²) in [5.74, 6) is 5.67. The van der Waals surface area contributed by atoms with E-state index < -0.39 is 0 Å². The summed E-state index contributed by atoms with van der Waals surface area (Å²) in [4.78, 5) is 16.2. The van der Waals surface area contributed by atoms with Gasteiger partial charge in [0, 0.05) is 17.5 Å². The molecule has 106 valence electrons. The SMILES string of the molecule is Cc1ccc(NC(=O)Cc2ccccn2)c(C#CCN)c1. The minimum Gasteiger partial charge on any atom is -0.325 e. The molecule has 0 spiro atoms. The lowest BCUT2D eigenvalue weighted by Gasteiger charge is -2.08. The number of aryl methyl sites for hydroxylation is 1. The van der Waals surface area contributed by atoms with Gasteiger partial charge in [-0.3, -0.25) is 9.78 Å². The number of benzene rings is 1. The van der Waals surface area contributed by atoms with Crippen LogP contribution in [0.3, 0.4) is 0 Å². The van der Waals surface area contributed by atoms with E-state index in [2.05, 4.69) is 22.1 Å². The van der Waals surface area contributed by atoms with Crippen LogP contribution >= 0.6 is 0 Å². The molecule has 0 saturated heterocycles. The number of carbonyl (C=O) groups excluding carboxylic acids is 1. The van der Waals surface area contributed by atoms with Gasteiger partial charge < -0.3 is 11.1 Å². The molecule has 0 fully saturated rings. The monoisotopic (exact) mass is 279 g/mol. The predicted octanol–water partition coefficient (Wildman–Crippen LogP) is 1.88. The van der Waals surface area contributed by atoms with Crippen molar-refractivity contribution in [1.82, 2.24) is 4.98 Å². The molecule has 21 heavy (non-hydrogen) atoms.